The van der Waals surface area contributed by atoms with E-state index in [0.29, 0.717) is 29.4 Å². The van der Waals surface area contributed by atoms with E-state index in [1.165, 1.54) is 19.3 Å². The molecule has 10 nitrogen and oxygen atoms in total. The zero-order chi connectivity index (χ0) is 25.1. The van der Waals surface area contributed by atoms with Gasteiger partial charge in [-0.2, -0.15) is 0 Å². The van der Waals surface area contributed by atoms with Crippen LogP contribution in [0.25, 0.3) is 11.2 Å². The SMILES string of the molecule is [2H]OC[C@H]1O[C@@H](n2cnc3c(NBr)ncnc32)C[C@H]1O[P@]1O[C@@H](c2ccccc2)[C@H]2CCCN21.[3H]C. The van der Waals surface area contributed by atoms with Crippen molar-refractivity contribution in [3.8, 4) is 0 Å². The van der Waals surface area contributed by atoms with Crippen molar-refractivity contribution in [1.82, 2.24) is 24.2 Å². The molecule has 6 rings (SSSR count). The van der Waals surface area contributed by atoms with Gasteiger partial charge in [0.25, 0.3) is 8.53 Å². The quantitative estimate of drug-likeness (QED) is 0.327. The molecule has 2 aromatic heterocycles. The Kier molecular flexibility index (Phi) is 6.40. The van der Waals surface area contributed by atoms with E-state index in [1.807, 2.05) is 22.8 Å². The molecule has 3 aliphatic heterocycles. The molecule has 3 aliphatic rings. The second-order valence-electron chi connectivity index (χ2n) is 8.36. The number of halogens is 1. The summed E-state index contributed by atoms with van der Waals surface area (Å²) in [5, 5.41) is 4.72. The molecular weight excluding hydrogens is 523 g/mol. The van der Waals surface area contributed by atoms with Crippen molar-refractivity contribution in [2.24, 2.45) is 0 Å². The first-order chi connectivity index (χ1) is 17.8. The van der Waals surface area contributed by atoms with E-state index in [1.54, 1.807) is 6.33 Å². The number of hydrogen-bond donors (Lipinski definition) is 2. The number of imidazole rings is 1. The Balaban J connectivity index is 0.00000130. The minimum absolute atomic E-state index is 0.00303. The summed E-state index contributed by atoms with van der Waals surface area (Å²) in [6.45, 7) is 1.06. The van der Waals surface area contributed by atoms with Gasteiger partial charge in [0.2, 0.25) is 1.43 Å². The Morgan fingerprint density at radius 3 is 3.06 bits per heavy atom. The summed E-state index contributed by atoms with van der Waals surface area (Å²) >= 11 is 3.21. The van der Waals surface area contributed by atoms with Gasteiger partial charge in [-0.1, -0.05) is 37.7 Å². The molecule has 2 N–H and O–H groups in total. The summed E-state index contributed by atoms with van der Waals surface area (Å²) in [7, 11) is 0.00415. The number of aromatic nitrogens is 4. The average molecular weight is 554 g/mol. The minimum atomic E-state index is -1.25. The van der Waals surface area contributed by atoms with Crippen LogP contribution in [0.5, 0.6) is 0 Å². The molecule has 182 valence electrons. The summed E-state index contributed by atoms with van der Waals surface area (Å²) in [6, 6.07) is 10.7. The normalized spacial score (nSPS) is 31.6. The summed E-state index contributed by atoms with van der Waals surface area (Å²) in [5.74, 6) is 0.579. The Bertz CT molecular complexity index is 1150. The van der Waals surface area contributed by atoms with Gasteiger partial charge in [0.1, 0.15) is 24.8 Å². The third-order valence-corrected chi connectivity index (χ3v) is 8.64. The molecule has 6 atom stereocenters. The van der Waals surface area contributed by atoms with Gasteiger partial charge in [-0.25, -0.2) is 19.6 Å². The molecule has 3 aromatic rings. The standard InChI is InChI=1S/C21H24BrN6O4P.CH4/c22-26-20-18-21(24-11-23-20)27(12-25-18)17-9-15(16(10-29)30-17)31-33-28-8-4-7-14(28)19(32-33)13-5-2-1-3-6-13;/h1-3,5-6,11-12,14-17,19,29H,4,7-10H2,(H,23,24,26);1H4/t14-,15-,16-,17-,19+,33-;/m1./s1/i29D;1T. The summed E-state index contributed by atoms with van der Waals surface area (Å²) in [5.41, 5.74) is 2.47. The van der Waals surface area contributed by atoms with E-state index < -0.39 is 14.6 Å². The van der Waals surface area contributed by atoms with Gasteiger partial charge in [-0.15, -0.1) is 0 Å². The lowest BCUT2D eigenvalue weighted by atomic mass is 10.0. The van der Waals surface area contributed by atoms with Crippen molar-refractivity contribution in [2.75, 3.05) is 17.5 Å². The van der Waals surface area contributed by atoms with Crippen LogP contribution >= 0.6 is 24.7 Å². The molecule has 0 bridgehead atoms. The number of fused-ring (bicyclic) bond motifs is 2. The van der Waals surface area contributed by atoms with Crippen LogP contribution in [0.1, 0.15) is 45.9 Å². The lowest BCUT2D eigenvalue weighted by Gasteiger charge is -2.24. The van der Waals surface area contributed by atoms with Gasteiger partial charge < -0.3 is 23.2 Å². The topological polar surface area (TPSA) is 107 Å². The Morgan fingerprint density at radius 2 is 2.24 bits per heavy atom. The maximum absolute atomic E-state index is 7.30. The highest BCUT2D eigenvalue weighted by Gasteiger charge is 2.50. The first-order valence-corrected chi connectivity index (χ1v) is 12.9. The predicted octanol–water partition coefficient (Wildman–Crippen LogP) is 4.31. The van der Waals surface area contributed by atoms with Crippen molar-refractivity contribution < 1.29 is 20.3 Å². The zero-order valence-corrected chi connectivity index (χ0v) is 21.1. The fourth-order valence-corrected chi connectivity index (χ4v) is 7.18. The van der Waals surface area contributed by atoms with Crippen LogP contribution in [0.4, 0.5) is 5.82 Å². The first-order valence-electron chi connectivity index (χ1n) is 12.4. The monoisotopic (exact) mass is 553 g/mol. The van der Waals surface area contributed by atoms with Gasteiger partial charge >= 0.3 is 0 Å². The van der Waals surface area contributed by atoms with E-state index >= 15 is 0 Å². The number of nitrogens with one attached hydrogen (secondary N) is 1. The number of nitrogens with zero attached hydrogens (tertiary/aromatic N) is 5. The highest BCUT2D eigenvalue weighted by Crippen LogP contribution is 2.61. The van der Waals surface area contributed by atoms with E-state index in [2.05, 4.69) is 52.2 Å². The molecule has 3 fully saturated rings. The molecule has 0 radical (unpaired) electrons. The van der Waals surface area contributed by atoms with Gasteiger partial charge in [-0.3, -0.25) is 4.57 Å². The van der Waals surface area contributed by atoms with Crippen molar-refractivity contribution in [2.45, 2.75) is 57.2 Å². The summed E-state index contributed by atoms with van der Waals surface area (Å²) < 4.78 is 39.5. The lowest BCUT2D eigenvalue weighted by molar-refractivity contribution is -0.0400. The van der Waals surface area contributed by atoms with Crippen LogP contribution in [-0.2, 0) is 13.8 Å². The van der Waals surface area contributed by atoms with E-state index in [9.17, 15) is 0 Å². The molecule has 0 amide bonds. The highest BCUT2D eigenvalue weighted by molar-refractivity contribution is 9.10. The third-order valence-electron chi connectivity index (χ3n) is 6.49. The van der Waals surface area contributed by atoms with Crippen LogP contribution in [0.3, 0.4) is 0 Å². The second-order valence-corrected chi connectivity index (χ2v) is 10.2. The maximum atomic E-state index is 7.30. The number of hydrogen-bond acceptors (Lipinski definition) is 9. The number of aliphatic hydroxyl groups is 1. The fourth-order valence-electron chi connectivity index (χ4n) is 4.91. The number of ether oxygens (including phenoxy) is 1. The fraction of sp³-hybridized carbons (Fsp3) is 0.500. The number of rotatable bonds is 7. The van der Waals surface area contributed by atoms with E-state index in [-0.39, 0.29) is 25.0 Å². The zero-order valence-electron chi connectivity index (χ0n) is 20.7. The lowest BCUT2D eigenvalue weighted by Crippen LogP contribution is -2.28. The molecule has 0 aliphatic carbocycles. The van der Waals surface area contributed by atoms with E-state index in [0.717, 1.165) is 19.4 Å². The molecule has 0 saturated carbocycles. The smallest absolute Gasteiger partial charge is 0.260 e. The third kappa shape index (κ3) is 4.13. The minimum Gasteiger partial charge on any atom is -0.394 e. The molecule has 1 aromatic carbocycles. The Morgan fingerprint density at radius 1 is 1.35 bits per heavy atom. The number of anilines is 1. The second kappa shape index (κ2) is 10.1. The van der Waals surface area contributed by atoms with Crippen molar-refractivity contribution in [1.29, 1.82) is 1.43 Å². The highest BCUT2D eigenvalue weighted by atomic mass is 79.9. The maximum Gasteiger partial charge on any atom is 0.260 e. The predicted molar refractivity (Wildman–Crippen MR) is 132 cm³/mol. The number of benzene rings is 1. The average Bonchev–Trinajstić information content (AvgIpc) is 3.71. The van der Waals surface area contributed by atoms with Crippen molar-refractivity contribution >= 4 is 41.7 Å². The van der Waals surface area contributed by atoms with Crippen LogP contribution in [0.15, 0.2) is 43.0 Å². The number of aliphatic hydroxyl groups excluding tert-OH is 1. The van der Waals surface area contributed by atoms with Gasteiger partial charge in [0.05, 0.1) is 19.0 Å². The van der Waals surface area contributed by atoms with Crippen LogP contribution in [0, 0.1) is 0 Å². The largest absolute Gasteiger partial charge is 0.394 e. The van der Waals surface area contributed by atoms with Gasteiger partial charge in [0, 0.05) is 36.5 Å². The van der Waals surface area contributed by atoms with Crippen LogP contribution < -0.4 is 4.34 Å². The molecule has 0 spiro atoms. The van der Waals surface area contributed by atoms with Crippen LogP contribution in [0.2, 0.25) is 0 Å². The molecule has 3 saturated heterocycles. The molecule has 5 heterocycles. The van der Waals surface area contributed by atoms with Crippen molar-refractivity contribution in [3.63, 3.8) is 0 Å². The summed E-state index contributed by atoms with van der Waals surface area (Å²) in [4.78, 5) is 13.0. The van der Waals surface area contributed by atoms with E-state index in [4.69, 9.17) is 21.7 Å². The van der Waals surface area contributed by atoms with Gasteiger partial charge in [-0.05, 0) is 18.4 Å². The Labute approximate surface area is 210 Å². The van der Waals surface area contributed by atoms with Crippen molar-refractivity contribution in [3.05, 3.63) is 48.5 Å². The molecular formula is C22H28BrN6O4P. The Hall–Kier alpha value is -1.72. The summed E-state index contributed by atoms with van der Waals surface area (Å²) in [6.07, 6.45) is 4.92. The molecule has 34 heavy (non-hydrogen) atoms. The molecule has 12 heteroatoms. The molecule has 0 unspecified atom stereocenters. The first kappa shape index (κ1) is 21.6. The van der Waals surface area contributed by atoms with Gasteiger partial charge in [0.15, 0.2) is 17.0 Å². The van der Waals surface area contributed by atoms with Crippen LogP contribution in [-0.4, -0.2) is 62.1 Å².